The number of aromatic nitrogens is 2. The number of allylic oxidation sites excluding steroid dienone is 2. The third kappa shape index (κ3) is 5.40. The van der Waals surface area contributed by atoms with Gasteiger partial charge in [0.25, 0.3) is 0 Å². The summed E-state index contributed by atoms with van der Waals surface area (Å²) >= 11 is 0. The van der Waals surface area contributed by atoms with Crippen molar-refractivity contribution in [3.05, 3.63) is 53.3 Å². The van der Waals surface area contributed by atoms with Crippen LogP contribution in [-0.4, -0.2) is 49.6 Å². The van der Waals surface area contributed by atoms with Crippen molar-refractivity contribution in [3.63, 3.8) is 0 Å². The smallest absolute Gasteiger partial charge is 0.338 e. The van der Waals surface area contributed by atoms with Crippen LogP contribution < -0.4 is 10.3 Å². The molecule has 1 aromatic heterocycles. The summed E-state index contributed by atoms with van der Waals surface area (Å²) in [4.78, 5) is 38.8. The van der Waals surface area contributed by atoms with Gasteiger partial charge in [-0.1, -0.05) is 24.6 Å². The molecule has 36 heavy (non-hydrogen) atoms. The molecule has 0 N–H and O–H groups in total. The van der Waals surface area contributed by atoms with Crippen molar-refractivity contribution < 1.29 is 33.2 Å². The van der Waals surface area contributed by atoms with Crippen LogP contribution in [0.3, 0.4) is 0 Å². The molecule has 1 atom stereocenters. The number of hydrogen-bond donors (Lipinski definition) is 0. The zero-order valence-corrected chi connectivity index (χ0v) is 22.4. The van der Waals surface area contributed by atoms with Crippen molar-refractivity contribution in [3.8, 4) is 0 Å². The molecule has 1 aliphatic rings. The number of nitrogens with zero attached hydrogens (tertiary/aromatic N) is 2. The normalized spacial score (nSPS) is 17.0. The lowest BCUT2D eigenvalue weighted by Crippen LogP contribution is -2.52. The van der Waals surface area contributed by atoms with E-state index < -0.39 is 24.6 Å². The first-order valence-electron chi connectivity index (χ1n) is 12.8. The second-order valence-electron chi connectivity index (χ2n) is 9.61. The Morgan fingerprint density at radius 3 is 2.11 bits per heavy atom. The van der Waals surface area contributed by atoms with Gasteiger partial charge < -0.3 is 14.2 Å². The van der Waals surface area contributed by atoms with Crippen LogP contribution in [0.25, 0.3) is 5.57 Å². The highest BCUT2D eigenvalue weighted by molar-refractivity contribution is 6.60. The monoisotopic (exact) mass is 496 g/mol. The van der Waals surface area contributed by atoms with Gasteiger partial charge in [0.05, 0.1) is 45.2 Å². The SMILES string of the molecule is CCOC(=O)c1ccc(C2=C([BH2-]c3n(C)cc[n+]3C)CC(C(=O)OCC)(C(=O)OCC)CC2C)cc1. The molecule has 1 aliphatic carbocycles. The number of hydrogen-bond acceptors (Lipinski definition) is 6. The minimum absolute atomic E-state index is 0.106. The molecular formula is C27H37BN2O6. The van der Waals surface area contributed by atoms with Gasteiger partial charge in [-0.3, -0.25) is 18.7 Å². The highest BCUT2D eigenvalue weighted by atomic mass is 16.6. The average molecular weight is 496 g/mol. The summed E-state index contributed by atoms with van der Waals surface area (Å²) < 4.78 is 20.2. The lowest BCUT2D eigenvalue weighted by Gasteiger charge is -2.41. The number of carbonyl (C=O) groups is 3. The highest BCUT2D eigenvalue weighted by Crippen LogP contribution is 2.47. The maximum atomic E-state index is 13.3. The molecule has 0 amide bonds. The van der Waals surface area contributed by atoms with Crippen molar-refractivity contribution in [2.45, 2.75) is 40.5 Å². The number of carbonyl (C=O) groups excluding carboxylic acids is 3. The van der Waals surface area contributed by atoms with Gasteiger partial charge in [0.15, 0.2) is 5.41 Å². The topological polar surface area (TPSA) is 87.7 Å². The van der Waals surface area contributed by atoms with Gasteiger partial charge in [-0.15, -0.1) is 0 Å². The van der Waals surface area contributed by atoms with Crippen LogP contribution in [0, 0.1) is 11.3 Å². The van der Waals surface area contributed by atoms with E-state index >= 15 is 0 Å². The first kappa shape index (κ1) is 27.2. The summed E-state index contributed by atoms with van der Waals surface area (Å²) in [6, 6.07) is 7.39. The minimum atomic E-state index is -1.37. The molecule has 0 saturated carbocycles. The van der Waals surface area contributed by atoms with E-state index in [0.29, 0.717) is 18.6 Å². The van der Waals surface area contributed by atoms with Gasteiger partial charge in [-0.05, 0) is 57.2 Å². The molecule has 1 heterocycles. The molecule has 1 aromatic carbocycles. The lowest BCUT2D eigenvalue weighted by molar-refractivity contribution is -0.652. The van der Waals surface area contributed by atoms with Crippen molar-refractivity contribution in [2.75, 3.05) is 19.8 Å². The van der Waals surface area contributed by atoms with Crippen LogP contribution in [-0.2, 0) is 37.9 Å². The van der Waals surface area contributed by atoms with E-state index in [2.05, 4.69) is 9.13 Å². The predicted octanol–water partition coefficient (Wildman–Crippen LogP) is 1.77. The second kappa shape index (κ2) is 11.6. The third-order valence-electron chi connectivity index (χ3n) is 7.27. The standard InChI is InChI=1S/C27H37BN2O6/c1-7-34-23(31)20-12-10-19(11-13-20)22-18(4)16-27(24(32)35-8-2,25(33)36-9-3)17-21(22)28-26-29(5)14-15-30(26)6/h10-15,18H,7-9,16-17,28H2,1-6H3. The number of imidazole rings is 1. The van der Waals surface area contributed by atoms with Crippen molar-refractivity contribution >= 4 is 36.5 Å². The summed E-state index contributed by atoms with van der Waals surface area (Å²) in [5, 5.41) is 0. The fourth-order valence-electron chi connectivity index (χ4n) is 5.64. The molecule has 194 valence electrons. The predicted molar refractivity (Wildman–Crippen MR) is 138 cm³/mol. The Morgan fingerprint density at radius 1 is 1.03 bits per heavy atom. The summed E-state index contributed by atoms with van der Waals surface area (Å²) in [5.74, 6) is -1.51. The van der Waals surface area contributed by atoms with Gasteiger partial charge >= 0.3 is 17.9 Å². The lowest BCUT2D eigenvalue weighted by atomic mass is 9.54. The number of ether oxygens (including phenoxy) is 3. The molecule has 8 nitrogen and oxygen atoms in total. The summed E-state index contributed by atoms with van der Waals surface area (Å²) in [5.41, 5.74) is 3.46. The summed E-state index contributed by atoms with van der Waals surface area (Å²) in [6.45, 7) is 8.01. The van der Waals surface area contributed by atoms with Crippen LogP contribution in [0.1, 0.15) is 56.5 Å². The number of benzene rings is 1. The number of aryl methyl sites for hydroxylation is 2. The van der Waals surface area contributed by atoms with Crippen LogP contribution in [0.4, 0.5) is 0 Å². The van der Waals surface area contributed by atoms with Crippen molar-refractivity contribution in [1.82, 2.24) is 4.57 Å². The quantitative estimate of drug-likeness (QED) is 0.173. The first-order valence-corrected chi connectivity index (χ1v) is 12.8. The Kier molecular flexibility index (Phi) is 8.77. The van der Waals surface area contributed by atoms with Crippen molar-refractivity contribution in [2.24, 2.45) is 25.4 Å². The fourth-order valence-corrected chi connectivity index (χ4v) is 5.64. The zero-order chi connectivity index (χ0) is 26.5. The maximum absolute atomic E-state index is 13.3. The molecule has 9 heteroatoms. The molecule has 0 saturated heterocycles. The number of rotatable bonds is 9. The van der Waals surface area contributed by atoms with Gasteiger partial charge in [-0.2, -0.15) is 0 Å². The molecule has 0 fully saturated rings. The molecule has 0 radical (unpaired) electrons. The van der Waals surface area contributed by atoms with E-state index in [1.165, 1.54) is 0 Å². The van der Waals surface area contributed by atoms with E-state index in [1.54, 1.807) is 32.9 Å². The molecule has 0 spiro atoms. The largest absolute Gasteiger partial charge is 0.465 e. The fraction of sp³-hybridized carbons (Fsp3) is 0.481. The van der Waals surface area contributed by atoms with E-state index in [1.807, 2.05) is 45.5 Å². The van der Waals surface area contributed by atoms with Crippen LogP contribution in [0.2, 0.25) is 0 Å². The van der Waals surface area contributed by atoms with Crippen molar-refractivity contribution in [1.29, 1.82) is 0 Å². The summed E-state index contributed by atoms with van der Waals surface area (Å²) in [6.07, 6.45) is 4.57. The molecular weight excluding hydrogens is 459 g/mol. The van der Waals surface area contributed by atoms with E-state index in [4.69, 9.17) is 14.2 Å². The Hall–Kier alpha value is -3.36. The minimum Gasteiger partial charge on any atom is -0.465 e. The van der Waals surface area contributed by atoms with Gasteiger partial charge in [0.2, 0.25) is 0 Å². The Bertz CT molecular complexity index is 1110. The van der Waals surface area contributed by atoms with E-state index in [-0.39, 0.29) is 31.5 Å². The maximum Gasteiger partial charge on any atom is 0.338 e. The molecule has 2 aromatic rings. The van der Waals surface area contributed by atoms with E-state index in [9.17, 15) is 14.4 Å². The first-order chi connectivity index (χ1) is 17.2. The van der Waals surface area contributed by atoms with Gasteiger partial charge in [0, 0.05) is 0 Å². The van der Waals surface area contributed by atoms with Crippen LogP contribution >= 0.6 is 0 Å². The molecule has 0 bridgehead atoms. The zero-order valence-electron chi connectivity index (χ0n) is 22.4. The molecule has 3 rings (SSSR count). The number of esters is 3. The van der Waals surface area contributed by atoms with E-state index in [0.717, 1.165) is 22.3 Å². The Balaban J connectivity index is 2.15. The average Bonchev–Trinajstić information content (AvgIpc) is 3.16. The van der Waals surface area contributed by atoms with Crippen LogP contribution in [0.5, 0.6) is 0 Å². The highest BCUT2D eigenvalue weighted by Gasteiger charge is 2.52. The van der Waals surface area contributed by atoms with Gasteiger partial charge in [-0.25, -0.2) is 10.3 Å². The Morgan fingerprint density at radius 2 is 1.61 bits per heavy atom. The van der Waals surface area contributed by atoms with Gasteiger partial charge in [0.1, 0.15) is 19.7 Å². The summed E-state index contributed by atoms with van der Waals surface area (Å²) in [7, 11) is 3.08. The Labute approximate surface area is 213 Å². The second-order valence-corrected chi connectivity index (χ2v) is 9.61. The van der Waals surface area contributed by atoms with Crippen LogP contribution in [0.15, 0.2) is 42.1 Å². The molecule has 1 unspecified atom stereocenters. The third-order valence-corrected chi connectivity index (χ3v) is 7.27. The molecule has 0 aliphatic heterocycles.